The van der Waals surface area contributed by atoms with Gasteiger partial charge in [-0.1, -0.05) is 31.5 Å². The lowest BCUT2D eigenvalue weighted by Gasteiger charge is -2.15. The highest BCUT2D eigenvalue weighted by molar-refractivity contribution is 5.98. The Bertz CT molecular complexity index is 772. The number of benzene rings is 1. The number of carbonyl (C=O) groups excluding carboxylic acids is 1. The van der Waals surface area contributed by atoms with Crippen LogP contribution in [-0.4, -0.2) is 23.0 Å². The molecule has 1 aromatic heterocycles. The molecule has 7 heteroatoms. The molecule has 6 nitrogen and oxygen atoms in total. The van der Waals surface area contributed by atoms with Gasteiger partial charge in [0.2, 0.25) is 0 Å². The molecule has 6 N–H and O–H groups in total. The summed E-state index contributed by atoms with van der Waals surface area (Å²) in [7, 11) is 0. The summed E-state index contributed by atoms with van der Waals surface area (Å²) >= 11 is 0. The van der Waals surface area contributed by atoms with Crippen LogP contribution in [0, 0.1) is 12.7 Å². The van der Waals surface area contributed by atoms with Crippen LogP contribution in [0.5, 0.6) is 0 Å². The Morgan fingerprint density at radius 1 is 1.23 bits per heavy atom. The second-order valence-electron chi connectivity index (χ2n) is 6.29. The molecule has 1 saturated carbocycles. The third-order valence-corrected chi connectivity index (χ3v) is 4.06. The Labute approximate surface area is 153 Å². The first-order chi connectivity index (χ1) is 12.4. The molecule has 1 aliphatic carbocycles. The molecule has 0 atom stereocenters. The molecular formula is C19H26FN5O. The molecule has 0 saturated heterocycles. The van der Waals surface area contributed by atoms with Gasteiger partial charge in [0, 0.05) is 17.8 Å². The van der Waals surface area contributed by atoms with E-state index in [-0.39, 0.29) is 22.7 Å². The molecule has 1 aromatic carbocycles. The summed E-state index contributed by atoms with van der Waals surface area (Å²) in [6.45, 7) is 6.40. The van der Waals surface area contributed by atoms with Crippen molar-refractivity contribution in [2.24, 2.45) is 11.5 Å². The predicted octanol–water partition coefficient (Wildman–Crippen LogP) is 3.30. The molecule has 0 unspecified atom stereocenters. The minimum Gasteiger partial charge on any atom is -0.366 e. The van der Waals surface area contributed by atoms with Crippen LogP contribution in [0.2, 0.25) is 0 Å². The zero-order valence-corrected chi connectivity index (χ0v) is 15.4. The van der Waals surface area contributed by atoms with Crippen molar-refractivity contribution in [2.45, 2.75) is 39.2 Å². The van der Waals surface area contributed by atoms with Crippen molar-refractivity contribution in [3.8, 4) is 0 Å². The highest BCUT2D eigenvalue weighted by Crippen LogP contribution is 2.32. The van der Waals surface area contributed by atoms with E-state index in [0.29, 0.717) is 6.54 Å². The normalized spacial score (nSPS) is 14.0. The molecule has 1 fully saturated rings. The fraction of sp³-hybridized carbons (Fsp3) is 0.368. The van der Waals surface area contributed by atoms with Crippen LogP contribution in [0.15, 0.2) is 30.3 Å². The molecule has 3 rings (SSSR count). The van der Waals surface area contributed by atoms with E-state index in [0.717, 1.165) is 30.2 Å². The third kappa shape index (κ3) is 4.92. The number of carbonyl (C=O) groups is 1. The summed E-state index contributed by atoms with van der Waals surface area (Å²) in [5, 5.41) is 5.93. The zero-order valence-electron chi connectivity index (χ0n) is 15.4. The summed E-state index contributed by atoms with van der Waals surface area (Å²) in [5.74, 6) is -1.13. The zero-order chi connectivity index (χ0) is 19.3. The summed E-state index contributed by atoms with van der Waals surface area (Å²) in [6, 6.07) is 8.61. The van der Waals surface area contributed by atoms with Crippen molar-refractivity contribution < 1.29 is 9.18 Å². The monoisotopic (exact) mass is 359 g/mol. The Kier molecular flexibility index (Phi) is 6.15. The predicted molar refractivity (Wildman–Crippen MR) is 103 cm³/mol. The van der Waals surface area contributed by atoms with Crippen molar-refractivity contribution in [3.63, 3.8) is 0 Å². The fourth-order valence-electron chi connectivity index (χ4n) is 2.27. The number of nitrogens with one attached hydrogen (secondary N) is 2. The summed E-state index contributed by atoms with van der Waals surface area (Å²) in [5.41, 5.74) is 12.9. The molecule has 1 aliphatic rings. The van der Waals surface area contributed by atoms with Crippen LogP contribution < -0.4 is 22.1 Å². The average molecular weight is 359 g/mol. The van der Waals surface area contributed by atoms with Gasteiger partial charge in [0.25, 0.3) is 5.91 Å². The molecule has 0 bridgehead atoms. The van der Waals surface area contributed by atoms with E-state index >= 15 is 0 Å². The van der Waals surface area contributed by atoms with Crippen LogP contribution in [0.25, 0.3) is 0 Å². The molecule has 0 spiro atoms. The van der Waals surface area contributed by atoms with Crippen molar-refractivity contribution in [2.75, 3.05) is 17.2 Å². The van der Waals surface area contributed by atoms with Gasteiger partial charge in [0.15, 0.2) is 11.6 Å². The van der Waals surface area contributed by atoms with Crippen molar-refractivity contribution in [1.29, 1.82) is 0 Å². The number of amides is 1. The van der Waals surface area contributed by atoms with Crippen LogP contribution >= 0.6 is 0 Å². The largest absolute Gasteiger partial charge is 0.366 e. The molecule has 26 heavy (non-hydrogen) atoms. The van der Waals surface area contributed by atoms with Gasteiger partial charge in [-0.25, -0.2) is 9.37 Å². The molecular weight excluding hydrogens is 333 g/mol. The molecule has 140 valence electrons. The van der Waals surface area contributed by atoms with E-state index in [1.807, 2.05) is 45.0 Å². The van der Waals surface area contributed by atoms with Crippen LogP contribution in [0.3, 0.4) is 0 Å². The Morgan fingerprint density at radius 2 is 1.85 bits per heavy atom. The second-order valence-corrected chi connectivity index (χ2v) is 6.29. The Morgan fingerprint density at radius 3 is 2.38 bits per heavy atom. The molecule has 2 aromatic rings. The van der Waals surface area contributed by atoms with Gasteiger partial charge in [0.1, 0.15) is 5.82 Å². The maximum absolute atomic E-state index is 14.2. The van der Waals surface area contributed by atoms with Crippen molar-refractivity contribution in [1.82, 2.24) is 4.98 Å². The lowest BCUT2D eigenvalue weighted by Crippen LogP contribution is -2.31. The lowest BCUT2D eigenvalue weighted by atomic mass is 10.2. The number of primary amides is 1. The molecule has 1 heterocycles. The number of pyridine rings is 1. The standard InChI is InChI=1S/C17H20FN5O.C2H6/c1-10-2-4-11(5-3-10)22-15-12(14(19)24)8-13(18)16(23-15)21-9-17(20)6-7-17;1-2/h2-5,8H,6-7,9,20H2,1H3,(H2,19,24)(H2,21,22,23);1-2H3. The van der Waals surface area contributed by atoms with E-state index in [4.69, 9.17) is 11.5 Å². The summed E-state index contributed by atoms with van der Waals surface area (Å²) in [4.78, 5) is 15.8. The number of nitrogens with two attached hydrogens (primary N) is 2. The Balaban J connectivity index is 0.00000117. The summed E-state index contributed by atoms with van der Waals surface area (Å²) < 4.78 is 14.2. The highest BCUT2D eigenvalue weighted by atomic mass is 19.1. The number of nitrogens with zero attached hydrogens (tertiary/aromatic N) is 1. The first-order valence-corrected chi connectivity index (χ1v) is 8.73. The van der Waals surface area contributed by atoms with Crippen LogP contribution in [0.4, 0.5) is 21.7 Å². The van der Waals surface area contributed by atoms with Gasteiger partial charge in [-0.3, -0.25) is 4.79 Å². The van der Waals surface area contributed by atoms with E-state index in [1.165, 1.54) is 0 Å². The lowest BCUT2D eigenvalue weighted by molar-refractivity contribution is 0.100. The van der Waals surface area contributed by atoms with E-state index in [2.05, 4.69) is 15.6 Å². The smallest absolute Gasteiger partial charge is 0.252 e. The number of aromatic nitrogens is 1. The first kappa shape index (κ1) is 19.7. The number of hydrogen-bond donors (Lipinski definition) is 4. The van der Waals surface area contributed by atoms with Gasteiger partial charge >= 0.3 is 0 Å². The number of aryl methyl sites for hydroxylation is 1. The summed E-state index contributed by atoms with van der Waals surface area (Å²) in [6.07, 6.45) is 1.80. The number of rotatable bonds is 6. The SMILES string of the molecule is CC.Cc1ccc(Nc2nc(NCC3(N)CC3)c(F)cc2C(N)=O)cc1. The highest BCUT2D eigenvalue weighted by Gasteiger charge is 2.38. The number of anilines is 3. The first-order valence-electron chi connectivity index (χ1n) is 8.73. The van der Waals surface area contributed by atoms with Gasteiger partial charge < -0.3 is 22.1 Å². The van der Waals surface area contributed by atoms with Gasteiger partial charge in [-0.2, -0.15) is 0 Å². The molecule has 0 radical (unpaired) electrons. The Hall–Kier alpha value is -2.67. The van der Waals surface area contributed by atoms with Gasteiger partial charge in [-0.05, 0) is 38.0 Å². The molecule has 1 amide bonds. The van der Waals surface area contributed by atoms with Gasteiger partial charge in [-0.15, -0.1) is 0 Å². The minimum absolute atomic E-state index is 0.00694. The maximum atomic E-state index is 14.2. The minimum atomic E-state index is -0.750. The number of hydrogen-bond acceptors (Lipinski definition) is 5. The van der Waals surface area contributed by atoms with E-state index in [9.17, 15) is 9.18 Å². The average Bonchev–Trinajstić information content (AvgIpc) is 3.36. The topological polar surface area (TPSA) is 106 Å². The third-order valence-electron chi connectivity index (χ3n) is 4.06. The van der Waals surface area contributed by atoms with E-state index < -0.39 is 11.7 Å². The maximum Gasteiger partial charge on any atom is 0.252 e. The van der Waals surface area contributed by atoms with Crippen LogP contribution in [-0.2, 0) is 0 Å². The fourth-order valence-corrected chi connectivity index (χ4v) is 2.27. The van der Waals surface area contributed by atoms with E-state index in [1.54, 1.807) is 0 Å². The van der Waals surface area contributed by atoms with Crippen molar-refractivity contribution in [3.05, 3.63) is 47.3 Å². The van der Waals surface area contributed by atoms with Gasteiger partial charge in [0.05, 0.1) is 5.56 Å². The number of halogens is 1. The van der Waals surface area contributed by atoms with Crippen LogP contribution in [0.1, 0.15) is 42.6 Å². The van der Waals surface area contributed by atoms with Crippen molar-refractivity contribution >= 4 is 23.2 Å². The quantitative estimate of drug-likeness (QED) is 0.633. The second kappa shape index (κ2) is 8.14. The molecule has 0 aliphatic heterocycles.